The quantitative estimate of drug-likeness (QED) is 0.414. The van der Waals surface area contributed by atoms with Gasteiger partial charge in [-0.1, -0.05) is 0 Å². The van der Waals surface area contributed by atoms with Crippen LogP contribution in [-0.4, -0.2) is 23.9 Å². The van der Waals surface area contributed by atoms with E-state index in [4.69, 9.17) is 5.11 Å². The Labute approximate surface area is 57.2 Å². The van der Waals surface area contributed by atoms with Crippen molar-refractivity contribution in [2.75, 3.05) is 6.67 Å². The van der Waals surface area contributed by atoms with Crippen LogP contribution in [-0.2, 0) is 0 Å². The largest absolute Gasteiger partial charge is 0.493 e. The summed E-state index contributed by atoms with van der Waals surface area (Å²) in [6.45, 7) is 0.494. The third kappa shape index (κ3) is 0.570. The molecule has 2 rings (SSSR count). The Bertz CT molecular complexity index is 252. The molecule has 0 aromatic rings. The monoisotopic (exact) mass is 138 g/mol. The van der Waals surface area contributed by atoms with Crippen LogP contribution in [0.3, 0.4) is 0 Å². The van der Waals surface area contributed by atoms with E-state index in [1.165, 1.54) is 6.34 Å². The molecule has 0 atom stereocenters. The summed E-state index contributed by atoms with van der Waals surface area (Å²) in [7, 11) is 0. The van der Waals surface area contributed by atoms with Crippen molar-refractivity contribution in [3.8, 4) is 0 Å². The number of aliphatic hydroxyl groups excluding tert-OH is 1. The van der Waals surface area contributed by atoms with Crippen molar-refractivity contribution in [3.05, 3.63) is 11.6 Å². The molecule has 10 heavy (non-hydrogen) atoms. The zero-order valence-corrected chi connectivity index (χ0v) is 5.13. The predicted molar refractivity (Wildman–Crippen MR) is 36.7 cm³/mol. The van der Waals surface area contributed by atoms with Crippen molar-refractivity contribution in [1.82, 2.24) is 10.6 Å². The third-order valence-electron chi connectivity index (χ3n) is 1.33. The van der Waals surface area contributed by atoms with Crippen molar-refractivity contribution in [1.29, 1.82) is 0 Å². The van der Waals surface area contributed by atoms with E-state index in [0.29, 0.717) is 18.2 Å². The Morgan fingerprint density at radius 1 is 1.60 bits per heavy atom. The average Bonchev–Trinajstić information content (AvgIpc) is 2.36. The number of nitrogens with one attached hydrogen (secondary N) is 2. The van der Waals surface area contributed by atoms with Crippen molar-refractivity contribution >= 4 is 12.2 Å². The first kappa shape index (κ1) is 5.28. The minimum Gasteiger partial charge on any atom is -0.493 e. The minimum atomic E-state index is 0.0891. The van der Waals surface area contributed by atoms with Gasteiger partial charge >= 0.3 is 0 Å². The van der Waals surface area contributed by atoms with Crippen molar-refractivity contribution in [3.63, 3.8) is 0 Å². The summed E-state index contributed by atoms with van der Waals surface area (Å²) >= 11 is 0. The van der Waals surface area contributed by atoms with Gasteiger partial charge in [-0.15, -0.1) is 0 Å². The maximum Gasteiger partial charge on any atom is 0.217 e. The van der Waals surface area contributed by atoms with Crippen LogP contribution in [0.15, 0.2) is 21.6 Å². The van der Waals surface area contributed by atoms with Gasteiger partial charge in [0.2, 0.25) is 5.88 Å². The number of nitrogens with zero attached hydrogens (tertiary/aromatic N) is 2. The summed E-state index contributed by atoms with van der Waals surface area (Å²) in [5, 5.41) is 14.5. The topological polar surface area (TPSA) is 69.0 Å². The molecule has 0 saturated heterocycles. The van der Waals surface area contributed by atoms with Crippen LogP contribution < -0.4 is 10.6 Å². The van der Waals surface area contributed by atoms with Crippen LogP contribution in [0, 0.1) is 0 Å². The van der Waals surface area contributed by atoms with Gasteiger partial charge in [0.05, 0.1) is 6.34 Å². The second kappa shape index (κ2) is 1.73. The molecule has 2 aliphatic heterocycles. The van der Waals surface area contributed by atoms with Gasteiger partial charge < -0.3 is 15.7 Å². The highest BCUT2D eigenvalue weighted by atomic mass is 16.3. The fraction of sp³-hybridized carbons (Fsp3) is 0.200. The molecule has 0 unspecified atom stereocenters. The normalized spacial score (nSPS) is 21.4. The molecule has 0 amide bonds. The van der Waals surface area contributed by atoms with Crippen LogP contribution in [0.5, 0.6) is 0 Å². The summed E-state index contributed by atoms with van der Waals surface area (Å²) in [6.07, 6.45) is 1.41. The SMILES string of the molecule is OC1=C2NCN=C2N=CN1. The maximum absolute atomic E-state index is 9.11. The van der Waals surface area contributed by atoms with Crippen LogP contribution in [0.25, 0.3) is 0 Å². The number of rotatable bonds is 0. The van der Waals surface area contributed by atoms with E-state index < -0.39 is 0 Å². The number of aliphatic imine (C=N–C) groups is 2. The van der Waals surface area contributed by atoms with E-state index in [2.05, 4.69) is 20.6 Å². The second-order valence-electron chi connectivity index (χ2n) is 1.94. The maximum atomic E-state index is 9.11. The van der Waals surface area contributed by atoms with E-state index in [1.807, 2.05) is 0 Å². The highest BCUT2D eigenvalue weighted by Gasteiger charge is 2.18. The van der Waals surface area contributed by atoms with E-state index in [1.54, 1.807) is 0 Å². The van der Waals surface area contributed by atoms with Crippen LogP contribution >= 0.6 is 0 Å². The highest BCUT2D eigenvalue weighted by Crippen LogP contribution is 2.07. The van der Waals surface area contributed by atoms with Gasteiger partial charge in [-0.2, -0.15) is 0 Å². The average molecular weight is 138 g/mol. The van der Waals surface area contributed by atoms with Gasteiger partial charge in [-0.05, 0) is 0 Å². The number of hydrogen-bond acceptors (Lipinski definition) is 5. The zero-order chi connectivity index (χ0) is 6.97. The molecular formula is C5H6N4O. The Balaban J connectivity index is 2.44. The lowest BCUT2D eigenvalue weighted by molar-refractivity contribution is 0.381. The molecule has 0 radical (unpaired) electrons. The lowest BCUT2D eigenvalue weighted by Crippen LogP contribution is -2.25. The molecule has 0 saturated carbocycles. The summed E-state index contributed by atoms with van der Waals surface area (Å²) in [5.41, 5.74) is 0.586. The molecule has 2 aliphatic rings. The molecule has 5 heteroatoms. The molecule has 0 fully saturated rings. The van der Waals surface area contributed by atoms with Crippen molar-refractivity contribution in [2.45, 2.75) is 0 Å². The molecule has 0 aromatic heterocycles. The standard InChI is InChI=1S/C5H6N4O/c10-5-3-4(7-1-6-3)8-2-9-5/h2,6H,1H2,(H2,7,8,9,10). The lowest BCUT2D eigenvalue weighted by atomic mass is 10.4. The Hall–Kier alpha value is -1.52. The first-order chi connectivity index (χ1) is 4.88. The zero-order valence-electron chi connectivity index (χ0n) is 5.13. The molecule has 0 spiro atoms. The lowest BCUT2D eigenvalue weighted by Gasteiger charge is -2.08. The van der Waals surface area contributed by atoms with Crippen molar-refractivity contribution in [2.24, 2.45) is 9.98 Å². The van der Waals surface area contributed by atoms with E-state index >= 15 is 0 Å². The second-order valence-corrected chi connectivity index (χ2v) is 1.94. The first-order valence-electron chi connectivity index (χ1n) is 2.89. The van der Waals surface area contributed by atoms with Gasteiger partial charge in [0, 0.05) is 0 Å². The van der Waals surface area contributed by atoms with Gasteiger partial charge in [0.25, 0.3) is 0 Å². The molecule has 52 valence electrons. The van der Waals surface area contributed by atoms with E-state index in [0.717, 1.165) is 0 Å². The number of fused-ring (bicyclic) bond motifs is 1. The smallest absolute Gasteiger partial charge is 0.217 e. The van der Waals surface area contributed by atoms with Crippen molar-refractivity contribution < 1.29 is 5.11 Å². The first-order valence-corrected chi connectivity index (χ1v) is 2.89. The number of aliphatic hydroxyl groups is 1. The fourth-order valence-electron chi connectivity index (χ4n) is 0.873. The highest BCUT2D eigenvalue weighted by molar-refractivity contribution is 6.05. The Morgan fingerprint density at radius 2 is 2.50 bits per heavy atom. The third-order valence-corrected chi connectivity index (χ3v) is 1.33. The molecule has 0 aliphatic carbocycles. The van der Waals surface area contributed by atoms with E-state index in [9.17, 15) is 0 Å². The van der Waals surface area contributed by atoms with Gasteiger partial charge in [0.1, 0.15) is 12.4 Å². The molecule has 2 heterocycles. The van der Waals surface area contributed by atoms with Gasteiger partial charge in [-0.3, -0.25) is 0 Å². The predicted octanol–water partition coefficient (Wildman–Crippen LogP) is -0.696. The summed E-state index contributed by atoms with van der Waals surface area (Å²) in [6, 6.07) is 0. The number of amidine groups is 1. The number of hydrogen-bond donors (Lipinski definition) is 3. The molecule has 0 bridgehead atoms. The van der Waals surface area contributed by atoms with Crippen LogP contribution in [0.1, 0.15) is 0 Å². The molecule has 3 N–H and O–H groups in total. The molecule has 5 nitrogen and oxygen atoms in total. The van der Waals surface area contributed by atoms with Gasteiger partial charge in [-0.25, -0.2) is 9.98 Å². The summed E-state index contributed by atoms with van der Waals surface area (Å²) < 4.78 is 0. The van der Waals surface area contributed by atoms with Crippen LogP contribution in [0.2, 0.25) is 0 Å². The fourth-order valence-corrected chi connectivity index (χ4v) is 0.873. The minimum absolute atomic E-state index is 0.0891. The summed E-state index contributed by atoms with van der Waals surface area (Å²) in [5.74, 6) is 0.655. The van der Waals surface area contributed by atoms with Crippen LogP contribution in [0.4, 0.5) is 0 Å². The molecule has 0 aromatic carbocycles. The molecular weight excluding hydrogens is 132 g/mol. The van der Waals surface area contributed by atoms with Gasteiger partial charge in [0.15, 0.2) is 5.84 Å². The van der Waals surface area contributed by atoms with E-state index in [-0.39, 0.29) is 5.88 Å². The summed E-state index contributed by atoms with van der Waals surface area (Å²) in [4.78, 5) is 7.83. The Kier molecular flexibility index (Phi) is 0.913. The Morgan fingerprint density at radius 3 is 3.30 bits per heavy atom.